The first-order valence-corrected chi connectivity index (χ1v) is 6.13. The van der Waals surface area contributed by atoms with Gasteiger partial charge < -0.3 is 15.8 Å². The third-order valence-corrected chi connectivity index (χ3v) is 2.86. The van der Waals surface area contributed by atoms with E-state index in [0.29, 0.717) is 18.7 Å². The largest absolute Gasteiger partial charge is 0.495 e. The number of methoxy groups -OCH3 is 1. The summed E-state index contributed by atoms with van der Waals surface area (Å²) in [4.78, 5) is 11.9. The third kappa shape index (κ3) is 3.74. The number of amides is 1. The van der Waals surface area contributed by atoms with Crippen LogP contribution in [0.3, 0.4) is 0 Å². The zero-order valence-electron chi connectivity index (χ0n) is 11.5. The van der Waals surface area contributed by atoms with E-state index in [1.165, 1.54) is 0 Å². The van der Waals surface area contributed by atoms with E-state index < -0.39 is 0 Å². The van der Waals surface area contributed by atoms with Gasteiger partial charge in [-0.25, -0.2) is 0 Å². The van der Waals surface area contributed by atoms with Gasteiger partial charge in [-0.05, 0) is 43.5 Å². The Kier molecular flexibility index (Phi) is 5.16. The van der Waals surface area contributed by atoms with Gasteiger partial charge in [0.2, 0.25) is 5.91 Å². The molecular formula is C14H22N2O2. The Morgan fingerprint density at radius 3 is 2.67 bits per heavy atom. The van der Waals surface area contributed by atoms with E-state index in [4.69, 9.17) is 10.5 Å². The second-order valence-corrected chi connectivity index (χ2v) is 4.75. The molecule has 0 aliphatic heterocycles. The van der Waals surface area contributed by atoms with Crippen molar-refractivity contribution >= 4 is 11.6 Å². The molecule has 0 spiro atoms. The van der Waals surface area contributed by atoms with Crippen molar-refractivity contribution in [3.8, 4) is 5.75 Å². The molecule has 0 aliphatic carbocycles. The SMILES string of the molecule is COc1cc(C)cc(C)c1NC(=O)CC(C)CN. The molecule has 0 aromatic heterocycles. The van der Waals surface area contributed by atoms with Crippen LogP contribution in [0.25, 0.3) is 0 Å². The van der Waals surface area contributed by atoms with Crippen LogP contribution >= 0.6 is 0 Å². The van der Waals surface area contributed by atoms with E-state index in [0.717, 1.165) is 16.8 Å². The lowest BCUT2D eigenvalue weighted by Gasteiger charge is -2.15. The van der Waals surface area contributed by atoms with Crippen molar-refractivity contribution in [3.63, 3.8) is 0 Å². The fraction of sp³-hybridized carbons (Fsp3) is 0.500. The fourth-order valence-corrected chi connectivity index (χ4v) is 1.84. The van der Waals surface area contributed by atoms with Gasteiger partial charge in [0.25, 0.3) is 0 Å². The van der Waals surface area contributed by atoms with Gasteiger partial charge in [-0.1, -0.05) is 13.0 Å². The number of hydrogen-bond donors (Lipinski definition) is 2. The molecule has 18 heavy (non-hydrogen) atoms. The van der Waals surface area contributed by atoms with E-state index in [1.54, 1.807) is 7.11 Å². The van der Waals surface area contributed by atoms with Gasteiger partial charge in [0.15, 0.2) is 0 Å². The van der Waals surface area contributed by atoms with Crippen LogP contribution < -0.4 is 15.8 Å². The van der Waals surface area contributed by atoms with Crippen LogP contribution in [-0.2, 0) is 4.79 Å². The minimum absolute atomic E-state index is 0.0294. The molecule has 100 valence electrons. The van der Waals surface area contributed by atoms with Crippen LogP contribution in [0.5, 0.6) is 5.75 Å². The van der Waals surface area contributed by atoms with Gasteiger partial charge in [-0.3, -0.25) is 4.79 Å². The first kappa shape index (κ1) is 14.5. The molecule has 1 amide bonds. The number of nitrogens with one attached hydrogen (secondary N) is 1. The first-order chi connectivity index (χ1) is 8.47. The molecular weight excluding hydrogens is 228 g/mol. The number of benzene rings is 1. The van der Waals surface area contributed by atoms with Crippen LogP contribution in [0, 0.1) is 19.8 Å². The topological polar surface area (TPSA) is 64.3 Å². The number of rotatable bonds is 5. The number of anilines is 1. The highest BCUT2D eigenvalue weighted by molar-refractivity contribution is 5.93. The first-order valence-electron chi connectivity index (χ1n) is 6.13. The van der Waals surface area contributed by atoms with Crippen molar-refractivity contribution in [2.75, 3.05) is 19.0 Å². The highest BCUT2D eigenvalue weighted by Gasteiger charge is 2.13. The molecule has 1 aromatic carbocycles. The standard InChI is InChI=1S/C14H22N2O2/c1-9-5-11(3)14(12(6-9)18-4)16-13(17)7-10(2)8-15/h5-6,10H,7-8,15H2,1-4H3,(H,16,17). The van der Waals surface area contributed by atoms with Crippen molar-refractivity contribution in [2.24, 2.45) is 11.7 Å². The highest BCUT2D eigenvalue weighted by Crippen LogP contribution is 2.29. The Labute approximate surface area is 109 Å². The van der Waals surface area contributed by atoms with E-state index in [9.17, 15) is 4.79 Å². The number of ether oxygens (including phenoxy) is 1. The van der Waals surface area contributed by atoms with Crippen LogP contribution in [0.4, 0.5) is 5.69 Å². The van der Waals surface area contributed by atoms with Gasteiger partial charge in [-0.15, -0.1) is 0 Å². The van der Waals surface area contributed by atoms with Crippen LogP contribution in [0.2, 0.25) is 0 Å². The van der Waals surface area contributed by atoms with Gasteiger partial charge in [0.05, 0.1) is 12.8 Å². The maximum atomic E-state index is 11.9. The Hall–Kier alpha value is -1.55. The van der Waals surface area contributed by atoms with Gasteiger partial charge in [0, 0.05) is 6.42 Å². The number of nitrogens with two attached hydrogens (primary N) is 1. The van der Waals surface area contributed by atoms with Crippen molar-refractivity contribution in [1.29, 1.82) is 0 Å². The van der Waals surface area contributed by atoms with Crippen molar-refractivity contribution < 1.29 is 9.53 Å². The quantitative estimate of drug-likeness (QED) is 0.842. The lowest BCUT2D eigenvalue weighted by atomic mass is 10.1. The second kappa shape index (κ2) is 6.40. The normalized spacial score (nSPS) is 12.1. The van der Waals surface area contributed by atoms with Gasteiger partial charge in [0.1, 0.15) is 5.75 Å². The van der Waals surface area contributed by atoms with Crippen molar-refractivity contribution in [3.05, 3.63) is 23.3 Å². The molecule has 0 saturated carbocycles. The highest BCUT2D eigenvalue weighted by atomic mass is 16.5. The summed E-state index contributed by atoms with van der Waals surface area (Å²) in [5.41, 5.74) is 8.37. The number of hydrogen-bond acceptors (Lipinski definition) is 3. The van der Waals surface area contributed by atoms with Gasteiger partial charge in [-0.2, -0.15) is 0 Å². The molecule has 0 saturated heterocycles. The summed E-state index contributed by atoms with van der Waals surface area (Å²) in [6, 6.07) is 3.93. The summed E-state index contributed by atoms with van der Waals surface area (Å²) in [5.74, 6) is 0.848. The van der Waals surface area contributed by atoms with Crippen LogP contribution in [0.15, 0.2) is 12.1 Å². The molecule has 1 rings (SSSR count). The molecule has 4 heteroatoms. The van der Waals surface area contributed by atoms with Crippen molar-refractivity contribution in [2.45, 2.75) is 27.2 Å². The molecule has 0 fully saturated rings. The Bertz CT molecular complexity index is 430. The summed E-state index contributed by atoms with van der Waals surface area (Å²) < 4.78 is 5.30. The molecule has 0 bridgehead atoms. The lowest BCUT2D eigenvalue weighted by Crippen LogP contribution is -2.20. The molecule has 0 heterocycles. The average molecular weight is 250 g/mol. The maximum absolute atomic E-state index is 11.9. The Morgan fingerprint density at radius 2 is 2.11 bits per heavy atom. The zero-order valence-corrected chi connectivity index (χ0v) is 11.5. The summed E-state index contributed by atoms with van der Waals surface area (Å²) >= 11 is 0. The maximum Gasteiger partial charge on any atom is 0.224 e. The van der Waals surface area contributed by atoms with Crippen LogP contribution in [-0.4, -0.2) is 19.6 Å². The smallest absolute Gasteiger partial charge is 0.224 e. The summed E-state index contributed by atoms with van der Waals surface area (Å²) in [6.45, 7) is 6.42. The number of carbonyl (C=O) groups is 1. The minimum atomic E-state index is -0.0294. The Balaban J connectivity index is 2.87. The average Bonchev–Trinajstić information content (AvgIpc) is 2.31. The van der Waals surface area contributed by atoms with E-state index in [1.807, 2.05) is 32.9 Å². The second-order valence-electron chi connectivity index (χ2n) is 4.75. The summed E-state index contributed by atoms with van der Waals surface area (Å²) in [5, 5.41) is 2.90. The molecule has 0 aliphatic rings. The number of carbonyl (C=O) groups excluding carboxylic acids is 1. The number of aryl methyl sites for hydroxylation is 2. The molecule has 0 radical (unpaired) electrons. The predicted molar refractivity (Wildman–Crippen MR) is 73.9 cm³/mol. The molecule has 1 unspecified atom stereocenters. The third-order valence-electron chi connectivity index (χ3n) is 2.86. The monoisotopic (exact) mass is 250 g/mol. The molecule has 4 nitrogen and oxygen atoms in total. The van der Waals surface area contributed by atoms with Gasteiger partial charge >= 0.3 is 0 Å². The molecule has 1 atom stereocenters. The Morgan fingerprint density at radius 1 is 1.44 bits per heavy atom. The van der Waals surface area contributed by atoms with E-state index in [2.05, 4.69) is 5.32 Å². The summed E-state index contributed by atoms with van der Waals surface area (Å²) in [6.07, 6.45) is 0.424. The molecule has 3 N–H and O–H groups in total. The zero-order chi connectivity index (χ0) is 13.7. The fourth-order valence-electron chi connectivity index (χ4n) is 1.84. The lowest BCUT2D eigenvalue weighted by molar-refractivity contribution is -0.116. The minimum Gasteiger partial charge on any atom is -0.495 e. The van der Waals surface area contributed by atoms with Crippen LogP contribution in [0.1, 0.15) is 24.5 Å². The van der Waals surface area contributed by atoms with Crippen molar-refractivity contribution in [1.82, 2.24) is 0 Å². The molecule has 1 aromatic rings. The summed E-state index contributed by atoms with van der Waals surface area (Å²) in [7, 11) is 1.60. The van der Waals surface area contributed by atoms with E-state index in [-0.39, 0.29) is 11.8 Å². The van der Waals surface area contributed by atoms with E-state index >= 15 is 0 Å². The predicted octanol–water partition coefficient (Wildman–Crippen LogP) is 2.24.